The van der Waals surface area contributed by atoms with Gasteiger partial charge >= 0.3 is 18.0 Å². The van der Waals surface area contributed by atoms with Crippen molar-refractivity contribution >= 4 is 35.6 Å². The quantitative estimate of drug-likeness (QED) is 0.252. The maximum Gasteiger partial charge on any atom is 0.355 e. The first-order chi connectivity index (χ1) is 11.9. The number of β-lactam (4-membered cyclic amide) rings is 1. The van der Waals surface area contributed by atoms with Crippen LogP contribution in [0.3, 0.4) is 0 Å². The van der Waals surface area contributed by atoms with Crippen molar-refractivity contribution in [3.63, 3.8) is 0 Å². The highest BCUT2D eigenvalue weighted by Gasteiger charge is 2.55. The summed E-state index contributed by atoms with van der Waals surface area (Å²) in [5.41, 5.74) is 6.48. The third kappa shape index (κ3) is 3.29. The van der Waals surface area contributed by atoms with E-state index >= 15 is 0 Å². The van der Waals surface area contributed by atoms with Crippen LogP contribution >= 0.6 is 11.8 Å². The SMILES string of the molecule is NC(CCCNC(=O)N[C@@H]1C(=O)N2C3=C(COC3=O)CS[C@H]12)C(=O)O. The average Bonchev–Trinajstić information content (AvgIpc) is 2.95. The number of aliphatic carboxylic acids is 1. The van der Waals surface area contributed by atoms with Crippen molar-refractivity contribution in [3.8, 4) is 0 Å². The molecule has 136 valence electrons. The number of amides is 3. The molecule has 3 heterocycles. The number of carbonyl (C=O) groups excluding carboxylic acids is 3. The van der Waals surface area contributed by atoms with Gasteiger partial charge < -0.3 is 26.2 Å². The fourth-order valence-electron chi connectivity index (χ4n) is 2.84. The number of nitrogens with two attached hydrogens (primary N) is 1. The first-order valence-electron chi connectivity index (χ1n) is 7.76. The summed E-state index contributed by atoms with van der Waals surface area (Å²) in [4.78, 5) is 47.8. The number of fused-ring (bicyclic) bond motifs is 2. The number of rotatable bonds is 6. The standard InChI is InChI=1S/C14H18N4O6S/c15-7(12(20)21)2-1-3-16-14(23)17-8-10(19)18-9-6(4-24-13(9)22)5-25-11(8)18/h7-8,11H,1-5,15H2,(H,20,21)(H2,16,17,23)/t7?,8-,11-/m1/s1. The summed E-state index contributed by atoms with van der Waals surface area (Å²) in [5.74, 6) is -1.33. The average molecular weight is 370 g/mol. The zero-order valence-corrected chi connectivity index (χ0v) is 14.0. The normalized spacial score (nSPS) is 25.6. The molecule has 3 amide bonds. The van der Waals surface area contributed by atoms with Crippen molar-refractivity contribution in [3.05, 3.63) is 11.3 Å². The number of cyclic esters (lactones) is 1. The maximum atomic E-state index is 12.3. The molecule has 11 heteroatoms. The van der Waals surface area contributed by atoms with Crippen LogP contribution in [0.4, 0.5) is 4.79 Å². The maximum absolute atomic E-state index is 12.3. The molecule has 3 rings (SSSR count). The van der Waals surface area contributed by atoms with Crippen molar-refractivity contribution < 1.29 is 29.0 Å². The van der Waals surface area contributed by atoms with E-state index in [-0.39, 0.29) is 30.9 Å². The van der Waals surface area contributed by atoms with Gasteiger partial charge in [0.2, 0.25) is 0 Å². The number of carboxylic acids is 1. The number of thioether (sulfide) groups is 1. The number of nitrogens with one attached hydrogen (secondary N) is 2. The van der Waals surface area contributed by atoms with E-state index in [2.05, 4.69) is 10.6 Å². The summed E-state index contributed by atoms with van der Waals surface area (Å²) in [5, 5.41) is 13.5. The second-order valence-corrected chi connectivity index (χ2v) is 7.01. The molecular formula is C14H18N4O6S. The van der Waals surface area contributed by atoms with Gasteiger partial charge in [0.1, 0.15) is 29.8 Å². The molecule has 3 aliphatic heterocycles. The van der Waals surface area contributed by atoms with Crippen molar-refractivity contribution in [2.45, 2.75) is 30.3 Å². The van der Waals surface area contributed by atoms with Crippen LogP contribution in [0.5, 0.6) is 0 Å². The van der Waals surface area contributed by atoms with Crippen molar-refractivity contribution in [2.24, 2.45) is 5.73 Å². The molecule has 1 unspecified atom stereocenters. The Labute approximate surface area is 147 Å². The smallest absolute Gasteiger partial charge is 0.355 e. The number of esters is 1. The Bertz CT molecular complexity index is 666. The summed E-state index contributed by atoms with van der Waals surface area (Å²) >= 11 is 1.47. The zero-order chi connectivity index (χ0) is 18.1. The second-order valence-electron chi connectivity index (χ2n) is 5.90. The molecule has 3 aliphatic rings. The van der Waals surface area contributed by atoms with E-state index in [4.69, 9.17) is 15.6 Å². The summed E-state index contributed by atoms with van der Waals surface area (Å²) < 4.78 is 4.95. The van der Waals surface area contributed by atoms with E-state index in [0.29, 0.717) is 17.9 Å². The van der Waals surface area contributed by atoms with Crippen LogP contribution in [-0.4, -0.2) is 70.2 Å². The van der Waals surface area contributed by atoms with E-state index in [0.717, 1.165) is 5.57 Å². The monoisotopic (exact) mass is 370 g/mol. The number of urea groups is 1. The summed E-state index contributed by atoms with van der Waals surface area (Å²) in [6.45, 7) is 0.464. The molecule has 0 aromatic rings. The van der Waals surface area contributed by atoms with Gasteiger partial charge in [0.25, 0.3) is 5.91 Å². The van der Waals surface area contributed by atoms with Crippen LogP contribution in [0.2, 0.25) is 0 Å². The van der Waals surface area contributed by atoms with Crippen molar-refractivity contribution in [1.29, 1.82) is 0 Å². The molecule has 3 atom stereocenters. The van der Waals surface area contributed by atoms with Crippen LogP contribution in [-0.2, 0) is 19.1 Å². The molecule has 0 aromatic heterocycles. The molecule has 0 radical (unpaired) electrons. The lowest BCUT2D eigenvalue weighted by atomic mass is 10.0. The third-order valence-corrected chi connectivity index (χ3v) is 5.54. The molecule has 0 spiro atoms. The van der Waals surface area contributed by atoms with Gasteiger partial charge in [-0.3, -0.25) is 14.5 Å². The van der Waals surface area contributed by atoms with E-state index in [1.807, 2.05) is 0 Å². The Morgan fingerprint density at radius 3 is 2.92 bits per heavy atom. The topological polar surface area (TPSA) is 151 Å². The van der Waals surface area contributed by atoms with E-state index < -0.39 is 30.1 Å². The molecule has 25 heavy (non-hydrogen) atoms. The van der Waals surface area contributed by atoms with E-state index in [9.17, 15) is 19.2 Å². The Kier molecular flexibility index (Phi) is 4.86. The molecule has 0 aliphatic carbocycles. The minimum absolute atomic E-state index is 0.217. The number of carboxylic acid groups (broad SMARTS) is 1. The third-order valence-electron chi connectivity index (χ3n) is 4.20. The van der Waals surface area contributed by atoms with Gasteiger partial charge in [0.05, 0.1) is 0 Å². The largest absolute Gasteiger partial charge is 0.480 e. The van der Waals surface area contributed by atoms with Crippen LogP contribution in [0.15, 0.2) is 11.3 Å². The molecular weight excluding hydrogens is 352 g/mol. The Morgan fingerprint density at radius 2 is 2.20 bits per heavy atom. The van der Waals surface area contributed by atoms with E-state index in [1.165, 1.54) is 16.7 Å². The van der Waals surface area contributed by atoms with Gasteiger partial charge in [-0.2, -0.15) is 0 Å². The Balaban J connectivity index is 1.46. The molecule has 10 nitrogen and oxygen atoms in total. The number of hydrogen-bond donors (Lipinski definition) is 4. The molecule has 0 aromatic carbocycles. The van der Waals surface area contributed by atoms with Gasteiger partial charge in [0, 0.05) is 17.9 Å². The van der Waals surface area contributed by atoms with Gasteiger partial charge in [-0.15, -0.1) is 11.8 Å². The van der Waals surface area contributed by atoms with Gasteiger partial charge in [-0.05, 0) is 12.8 Å². The van der Waals surface area contributed by atoms with Crippen LogP contribution < -0.4 is 16.4 Å². The minimum Gasteiger partial charge on any atom is -0.480 e. The molecule has 1 fully saturated rings. The van der Waals surface area contributed by atoms with Crippen LogP contribution in [0.1, 0.15) is 12.8 Å². The predicted molar refractivity (Wildman–Crippen MR) is 86.2 cm³/mol. The van der Waals surface area contributed by atoms with Crippen molar-refractivity contribution in [2.75, 3.05) is 18.9 Å². The highest BCUT2D eigenvalue weighted by atomic mass is 32.2. The highest BCUT2D eigenvalue weighted by molar-refractivity contribution is 8.00. The molecule has 0 saturated carbocycles. The molecule has 5 N–H and O–H groups in total. The number of hydrogen-bond acceptors (Lipinski definition) is 7. The highest BCUT2D eigenvalue weighted by Crippen LogP contribution is 2.42. The Hall–Kier alpha value is -2.27. The van der Waals surface area contributed by atoms with Gasteiger partial charge in [-0.25, -0.2) is 9.59 Å². The zero-order valence-electron chi connectivity index (χ0n) is 13.2. The summed E-state index contributed by atoms with van der Waals surface area (Å²) in [7, 11) is 0. The number of carbonyl (C=O) groups is 4. The van der Waals surface area contributed by atoms with Crippen LogP contribution in [0.25, 0.3) is 0 Å². The summed E-state index contributed by atoms with van der Waals surface area (Å²) in [6, 6.07) is -2.18. The van der Waals surface area contributed by atoms with Crippen LogP contribution in [0, 0.1) is 0 Å². The summed E-state index contributed by atoms with van der Waals surface area (Å²) in [6.07, 6.45) is 0.648. The first kappa shape index (κ1) is 17.5. The molecule has 0 bridgehead atoms. The van der Waals surface area contributed by atoms with Gasteiger partial charge in [0.15, 0.2) is 0 Å². The lowest BCUT2D eigenvalue weighted by Crippen LogP contribution is -2.71. The van der Waals surface area contributed by atoms with E-state index in [1.54, 1.807) is 0 Å². The second kappa shape index (κ2) is 6.92. The van der Waals surface area contributed by atoms with Crippen molar-refractivity contribution in [1.82, 2.24) is 15.5 Å². The number of nitrogens with zero attached hydrogens (tertiary/aromatic N) is 1. The molecule has 1 saturated heterocycles. The Morgan fingerprint density at radius 1 is 1.44 bits per heavy atom. The fourth-order valence-corrected chi connectivity index (χ4v) is 4.17. The lowest BCUT2D eigenvalue weighted by molar-refractivity contribution is -0.148. The van der Waals surface area contributed by atoms with Gasteiger partial charge in [-0.1, -0.05) is 0 Å². The first-order valence-corrected chi connectivity index (χ1v) is 8.81. The predicted octanol–water partition coefficient (Wildman–Crippen LogP) is -1.43. The number of ether oxygens (including phenoxy) is 1. The lowest BCUT2D eigenvalue weighted by Gasteiger charge is -2.48. The minimum atomic E-state index is -1.09. The fraction of sp³-hybridized carbons (Fsp3) is 0.571.